The number of aryl methyl sites for hydroxylation is 1. The van der Waals surface area contributed by atoms with Crippen molar-refractivity contribution in [1.82, 2.24) is 14.5 Å². The molecule has 1 unspecified atom stereocenters. The van der Waals surface area contributed by atoms with Gasteiger partial charge in [-0.2, -0.15) is 0 Å². The van der Waals surface area contributed by atoms with Crippen molar-refractivity contribution in [3.05, 3.63) is 58.8 Å². The molecule has 96 valence electrons. The average molecular weight is 245 g/mol. The van der Waals surface area contributed by atoms with Crippen LogP contribution < -0.4 is 11.0 Å². The molecule has 1 atom stereocenters. The van der Waals surface area contributed by atoms with Crippen molar-refractivity contribution >= 4 is 0 Å². The molecule has 18 heavy (non-hydrogen) atoms. The molecule has 1 aromatic carbocycles. The van der Waals surface area contributed by atoms with Crippen LogP contribution in [0.2, 0.25) is 0 Å². The van der Waals surface area contributed by atoms with Crippen molar-refractivity contribution in [3.63, 3.8) is 0 Å². The molecule has 0 aliphatic rings. The average Bonchev–Trinajstić information content (AvgIpc) is 2.71. The van der Waals surface area contributed by atoms with Gasteiger partial charge in [-0.25, -0.2) is 4.79 Å². The standard InChI is InChI=1S/C14H19N3O/c1-3-15-13(12-7-5-4-6-8-12)11-17-10-9-16(2)14(17)18/h4-10,13,15H,3,11H2,1-2H3. The van der Waals surface area contributed by atoms with Crippen LogP contribution in [0.25, 0.3) is 0 Å². The summed E-state index contributed by atoms with van der Waals surface area (Å²) in [6, 6.07) is 10.4. The molecule has 1 heterocycles. The van der Waals surface area contributed by atoms with E-state index in [0.29, 0.717) is 6.54 Å². The first-order chi connectivity index (χ1) is 8.72. The maximum atomic E-state index is 11.8. The summed E-state index contributed by atoms with van der Waals surface area (Å²) in [4.78, 5) is 11.8. The smallest absolute Gasteiger partial charge is 0.309 e. The Bertz CT molecular complexity index is 542. The highest BCUT2D eigenvalue weighted by atomic mass is 16.1. The lowest BCUT2D eigenvalue weighted by Gasteiger charge is -2.18. The van der Waals surface area contributed by atoms with E-state index in [1.807, 2.05) is 24.4 Å². The fraction of sp³-hybridized carbons (Fsp3) is 0.357. The minimum Gasteiger partial charge on any atom is -0.309 e. The monoisotopic (exact) mass is 245 g/mol. The molecule has 4 heteroatoms. The lowest BCUT2D eigenvalue weighted by atomic mass is 10.1. The first-order valence-electron chi connectivity index (χ1n) is 6.22. The maximum absolute atomic E-state index is 11.8. The van der Waals surface area contributed by atoms with Gasteiger partial charge in [-0.15, -0.1) is 0 Å². The van der Waals surface area contributed by atoms with E-state index in [1.54, 1.807) is 22.4 Å². The molecule has 0 amide bonds. The number of aromatic nitrogens is 2. The summed E-state index contributed by atoms with van der Waals surface area (Å²) in [6.07, 6.45) is 3.62. The zero-order chi connectivity index (χ0) is 13.0. The first-order valence-corrected chi connectivity index (χ1v) is 6.22. The number of rotatable bonds is 5. The fourth-order valence-corrected chi connectivity index (χ4v) is 2.07. The Labute approximate surface area is 107 Å². The summed E-state index contributed by atoms with van der Waals surface area (Å²) >= 11 is 0. The Morgan fingerprint density at radius 1 is 1.22 bits per heavy atom. The van der Waals surface area contributed by atoms with Gasteiger partial charge in [-0.3, -0.25) is 4.57 Å². The Morgan fingerprint density at radius 3 is 2.50 bits per heavy atom. The van der Waals surface area contributed by atoms with Crippen LogP contribution >= 0.6 is 0 Å². The number of likely N-dealkylation sites (N-methyl/N-ethyl adjacent to an activating group) is 1. The van der Waals surface area contributed by atoms with Crippen LogP contribution in [0.15, 0.2) is 47.5 Å². The lowest BCUT2D eigenvalue weighted by Crippen LogP contribution is -2.30. The van der Waals surface area contributed by atoms with E-state index >= 15 is 0 Å². The van der Waals surface area contributed by atoms with Crippen LogP contribution in [-0.4, -0.2) is 15.7 Å². The van der Waals surface area contributed by atoms with Crippen LogP contribution in [0.5, 0.6) is 0 Å². The molecule has 0 saturated heterocycles. The molecular formula is C14H19N3O. The third kappa shape index (κ3) is 2.71. The topological polar surface area (TPSA) is 39.0 Å². The Hall–Kier alpha value is -1.81. The van der Waals surface area contributed by atoms with Crippen molar-refractivity contribution in [3.8, 4) is 0 Å². The van der Waals surface area contributed by atoms with Gasteiger partial charge in [0.2, 0.25) is 0 Å². The molecule has 0 saturated carbocycles. The van der Waals surface area contributed by atoms with Crippen LogP contribution in [0.3, 0.4) is 0 Å². The fourth-order valence-electron chi connectivity index (χ4n) is 2.07. The van der Waals surface area contributed by atoms with Crippen LogP contribution in [-0.2, 0) is 13.6 Å². The normalized spacial score (nSPS) is 12.6. The quantitative estimate of drug-likeness (QED) is 0.868. The molecule has 0 fully saturated rings. The van der Waals surface area contributed by atoms with Gasteiger partial charge in [-0.1, -0.05) is 37.3 Å². The number of nitrogens with one attached hydrogen (secondary N) is 1. The Kier molecular flexibility index (Phi) is 3.99. The van der Waals surface area contributed by atoms with Crippen molar-refractivity contribution in [2.75, 3.05) is 6.54 Å². The van der Waals surface area contributed by atoms with Gasteiger partial charge in [0.05, 0.1) is 6.04 Å². The first kappa shape index (κ1) is 12.6. The minimum absolute atomic E-state index is 0.0221. The number of hydrogen-bond acceptors (Lipinski definition) is 2. The van der Waals surface area contributed by atoms with E-state index in [9.17, 15) is 4.79 Å². The van der Waals surface area contributed by atoms with Gasteiger partial charge in [0.15, 0.2) is 0 Å². The van der Waals surface area contributed by atoms with Crippen LogP contribution in [0.1, 0.15) is 18.5 Å². The van der Waals surface area contributed by atoms with E-state index in [2.05, 4.69) is 24.4 Å². The highest BCUT2D eigenvalue weighted by molar-refractivity contribution is 5.18. The highest BCUT2D eigenvalue weighted by Gasteiger charge is 2.12. The largest absolute Gasteiger partial charge is 0.327 e. The highest BCUT2D eigenvalue weighted by Crippen LogP contribution is 2.13. The third-order valence-corrected chi connectivity index (χ3v) is 3.05. The number of benzene rings is 1. The van der Waals surface area contributed by atoms with Gasteiger partial charge in [0.1, 0.15) is 0 Å². The molecule has 0 aliphatic carbocycles. The number of hydrogen-bond donors (Lipinski definition) is 1. The van der Waals surface area contributed by atoms with Crippen molar-refractivity contribution in [1.29, 1.82) is 0 Å². The Morgan fingerprint density at radius 2 is 1.94 bits per heavy atom. The minimum atomic E-state index is 0.0221. The summed E-state index contributed by atoms with van der Waals surface area (Å²) in [6.45, 7) is 3.60. The zero-order valence-corrected chi connectivity index (χ0v) is 10.8. The molecule has 0 spiro atoms. The van der Waals surface area contributed by atoms with Crippen molar-refractivity contribution in [2.45, 2.75) is 19.5 Å². The summed E-state index contributed by atoms with van der Waals surface area (Å²) in [5, 5.41) is 3.41. The van der Waals surface area contributed by atoms with E-state index in [1.165, 1.54) is 5.56 Å². The second-order valence-electron chi connectivity index (χ2n) is 4.36. The SMILES string of the molecule is CCNC(Cn1ccn(C)c1=O)c1ccccc1. The lowest BCUT2D eigenvalue weighted by molar-refractivity contribution is 0.464. The zero-order valence-electron chi connectivity index (χ0n) is 10.8. The summed E-state index contributed by atoms with van der Waals surface area (Å²) in [5.41, 5.74) is 1.23. The maximum Gasteiger partial charge on any atom is 0.327 e. The van der Waals surface area contributed by atoms with Gasteiger partial charge in [0.25, 0.3) is 0 Å². The van der Waals surface area contributed by atoms with Gasteiger partial charge < -0.3 is 9.88 Å². The molecule has 2 rings (SSSR count). The van der Waals surface area contributed by atoms with E-state index in [-0.39, 0.29) is 11.7 Å². The van der Waals surface area contributed by atoms with E-state index in [0.717, 1.165) is 6.54 Å². The molecule has 1 aromatic heterocycles. The second-order valence-corrected chi connectivity index (χ2v) is 4.36. The molecule has 0 bridgehead atoms. The van der Waals surface area contributed by atoms with Gasteiger partial charge >= 0.3 is 5.69 Å². The number of nitrogens with zero attached hydrogens (tertiary/aromatic N) is 2. The van der Waals surface area contributed by atoms with Crippen molar-refractivity contribution < 1.29 is 0 Å². The molecule has 4 nitrogen and oxygen atoms in total. The Balaban J connectivity index is 2.22. The van der Waals surface area contributed by atoms with Gasteiger partial charge in [-0.05, 0) is 12.1 Å². The second kappa shape index (κ2) is 5.69. The summed E-state index contributed by atoms with van der Waals surface area (Å²) in [7, 11) is 1.77. The predicted octanol–water partition coefficient (Wildman–Crippen LogP) is 1.54. The summed E-state index contributed by atoms with van der Waals surface area (Å²) < 4.78 is 3.33. The van der Waals surface area contributed by atoms with Crippen LogP contribution in [0.4, 0.5) is 0 Å². The third-order valence-electron chi connectivity index (χ3n) is 3.05. The molecule has 1 N–H and O–H groups in total. The molecule has 0 radical (unpaired) electrons. The van der Waals surface area contributed by atoms with Gasteiger partial charge in [0, 0.05) is 26.0 Å². The van der Waals surface area contributed by atoms with Crippen molar-refractivity contribution in [2.24, 2.45) is 7.05 Å². The molecular weight excluding hydrogens is 226 g/mol. The predicted molar refractivity (Wildman–Crippen MR) is 72.5 cm³/mol. The molecule has 0 aliphatic heterocycles. The number of imidazole rings is 1. The van der Waals surface area contributed by atoms with E-state index in [4.69, 9.17) is 0 Å². The van der Waals surface area contributed by atoms with E-state index < -0.39 is 0 Å². The molecule has 2 aromatic rings. The van der Waals surface area contributed by atoms with Crippen LogP contribution in [0, 0.1) is 0 Å². The summed E-state index contributed by atoms with van der Waals surface area (Å²) in [5.74, 6) is 0.